The molecule has 1 amide bonds. The zero-order valence-electron chi connectivity index (χ0n) is 10.9. The lowest BCUT2D eigenvalue weighted by Gasteiger charge is -2.24. The molecule has 2 aliphatic heterocycles. The Balaban J connectivity index is 1.92. The maximum absolute atomic E-state index is 12.4. The molecule has 0 saturated carbocycles. The molecule has 0 aromatic carbocycles. The lowest BCUT2D eigenvalue weighted by molar-refractivity contribution is -0.136. The van der Waals surface area contributed by atoms with Crippen molar-refractivity contribution >= 4 is 5.91 Å². The van der Waals surface area contributed by atoms with Crippen LogP contribution in [0, 0.1) is 11.8 Å². The van der Waals surface area contributed by atoms with Gasteiger partial charge in [0.1, 0.15) is 0 Å². The number of amides is 1. The zero-order valence-corrected chi connectivity index (χ0v) is 10.9. The maximum Gasteiger partial charge on any atom is 0.228 e. The molecule has 2 saturated heterocycles. The van der Waals surface area contributed by atoms with E-state index in [1.54, 1.807) is 0 Å². The number of carbonyl (C=O) groups excluding carboxylic acids is 1. The monoisotopic (exact) mass is 240 g/mol. The molecular weight excluding hydrogens is 216 g/mol. The van der Waals surface area contributed by atoms with E-state index in [-0.39, 0.29) is 24.0 Å². The summed E-state index contributed by atoms with van der Waals surface area (Å²) in [6.45, 7) is 6.57. The van der Waals surface area contributed by atoms with Gasteiger partial charge in [-0.15, -0.1) is 0 Å². The second-order valence-corrected chi connectivity index (χ2v) is 5.40. The van der Waals surface area contributed by atoms with Crippen molar-refractivity contribution in [1.82, 2.24) is 4.90 Å². The number of carbonyl (C=O) groups is 1. The molecule has 4 nitrogen and oxygen atoms in total. The Bertz CT molecular complexity index is 281. The summed E-state index contributed by atoms with van der Waals surface area (Å²) in [5.74, 6) is 0.852. The molecule has 0 aromatic rings. The molecule has 2 heterocycles. The molecule has 2 rings (SSSR count). The number of nitrogens with two attached hydrogens (primary N) is 1. The lowest BCUT2D eigenvalue weighted by Crippen LogP contribution is -2.39. The Morgan fingerprint density at radius 3 is 2.88 bits per heavy atom. The molecule has 0 spiro atoms. The summed E-state index contributed by atoms with van der Waals surface area (Å²) in [5.41, 5.74) is 5.90. The van der Waals surface area contributed by atoms with Crippen LogP contribution in [0.5, 0.6) is 0 Å². The lowest BCUT2D eigenvalue weighted by atomic mass is 9.98. The first-order valence-corrected chi connectivity index (χ1v) is 6.79. The van der Waals surface area contributed by atoms with Gasteiger partial charge in [0, 0.05) is 25.7 Å². The van der Waals surface area contributed by atoms with Crippen LogP contribution < -0.4 is 5.73 Å². The highest BCUT2D eigenvalue weighted by Gasteiger charge is 2.38. The Labute approximate surface area is 103 Å². The highest BCUT2D eigenvalue weighted by molar-refractivity contribution is 5.80. The molecule has 17 heavy (non-hydrogen) atoms. The van der Waals surface area contributed by atoms with Crippen molar-refractivity contribution in [3.63, 3.8) is 0 Å². The van der Waals surface area contributed by atoms with Gasteiger partial charge in [-0.2, -0.15) is 0 Å². The average molecular weight is 240 g/mol. The van der Waals surface area contributed by atoms with Crippen molar-refractivity contribution in [2.75, 3.05) is 19.7 Å². The Kier molecular flexibility index (Phi) is 4.05. The van der Waals surface area contributed by atoms with Crippen LogP contribution in [-0.2, 0) is 9.53 Å². The number of hydrogen-bond donors (Lipinski definition) is 1. The molecule has 4 heteroatoms. The van der Waals surface area contributed by atoms with Crippen molar-refractivity contribution < 1.29 is 9.53 Å². The van der Waals surface area contributed by atoms with E-state index in [9.17, 15) is 4.79 Å². The Morgan fingerprint density at radius 1 is 1.53 bits per heavy atom. The van der Waals surface area contributed by atoms with Crippen LogP contribution >= 0.6 is 0 Å². The number of ether oxygens (including phenoxy) is 1. The third-order valence-electron chi connectivity index (χ3n) is 4.21. The van der Waals surface area contributed by atoms with Gasteiger partial charge >= 0.3 is 0 Å². The second kappa shape index (κ2) is 5.36. The van der Waals surface area contributed by atoms with Gasteiger partial charge in [-0.1, -0.05) is 6.92 Å². The standard InChI is InChI=1S/C13H24N2O2/c1-3-12-11(5-7-17-12)13(16)15-6-4-10(8-15)9(2)14/h9-12H,3-8,14H2,1-2H3. The Morgan fingerprint density at radius 2 is 2.29 bits per heavy atom. The van der Waals surface area contributed by atoms with Gasteiger partial charge in [0.05, 0.1) is 12.0 Å². The van der Waals surface area contributed by atoms with Crippen molar-refractivity contribution in [3.05, 3.63) is 0 Å². The van der Waals surface area contributed by atoms with E-state index in [1.165, 1.54) is 0 Å². The van der Waals surface area contributed by atoms with Crippen LogP contribution in [-0.4, -0.2) is 42.6 Å². The van der Waals surface area contributed by atoms with Crippen molar-refractivity contribution in [2.24, 2.45) is 17.6 Å². The van der Waals surface area contributed by atoms with E-state index < -0.39 is 0 Å². The summed E-state index contributed by atoms with van der Waals surface area (Å²) in [6.07, 6.45) is 3.00. The molecule has 0 aliphatic carbocycles. The van der Waals surface area contributed by atoms with E-state index in [0.29, 0.717) is 5.92 Å². The second-order valence-electron chi connectivity index (χ2n) is 5.40. The molecule has 0 bridgehead atoms. The van der Waals surface area contributed by atoms with Crippen LogP contribution in [0.4, 0.5) is 0 Å². The van der Waals surface area contributed by atoms with Crippen molar-refractivity contribution in [2.45, 2.75) is 45.3 Å². The SMILES string of the molecule is CCC1OCCC1C(=O)N1CCC(C(C)N)C1. The summed E-state index contributed by atoms with van der Waals surface area (Å²) in [4.78, 5) is 14.4. The number of rotatable bonds is 3. The smallest absolute Gasteiger partial charge is 0.228 e. The van der Waals surface area contributed by atoms with Crippen molar-refractivity contribution in [3.8, 4) is 0 Å². The largest absolute Gasteiger partial charge is 0.377 e. The van der Waals surface area contributed by atoms with Gasteiger partial charge in [0.2, 0.25) is 5.91 Å². The van der Waals surface area contributed by atoms with Gasteiger partial charge in [-0.05, 0) is 32.1 Å². The van der Waals surface area contributed by atoms with Crippen LogP contribution in [0.15, 0.2) is 0 Å². The number of hydrogen-bond acceptors (Lipinski definition) is 3. The topological polar surface area (TPSA) is 55.6 Å². The van der Waals surface area contributed by atoms with Gasteiger partial charge in [-0.3, -0.25) is 4.79 Å². The van der Waals surface area contributed by atoms with Gasteiger partial charge in [0.15, 0.2) is 0 Å². The van der Waals surface area contributed by atoms with E-state index in [2.05, 4.69) is 6.92 Å². The average Bonchev–Trinajstić information content (AvgIpc) is 2.96. The zero-order chi connectivity index (χ0) is 12.4. The van der Waals surface area contributed by atoms with E-state index in [0.717, 1.165) is 39.0 Å². The molecule has 4 atom stereocenters. The van der Waals surface area contributed by atoms with Crippen LogP contribution in [0.25, 0.3) is 0 Å². The quantitative estimate of drug-likeness (QED) is 0.800. The fourth-order valence-electron chi connectivity index (χ4n) is 2.98. The first-order chi connectivity index (χ1) is 8.13. The summed E-state index contributed by atoms with van der Waals surface area (Å²) < 4.78 is 5.60. The predicted octanol–water partition coefficient (Wildman–Crippen LogP) is 0.997. The molecule has 2 N–H and O–H groups in total. The summed E-state index contributed by atoms with van der Waals surface area (Å²) >= 11 is 0. The molecule has 98 valence electrons. The minimum Gasteiger partial charge on any atom is -0.377 e. The van der Waals surface area contributed by atoms with E-state index in [4.69, 9.17) is 10.5 Å². The van der Waals surface area contributed by atoms with Gasteiger partial charge < -0.3 is 15.4 Å². The summed E-state index contributed by atoms with van der Waals surface area (Å²) in [5, 5.41) is 0. The van der Waals surface area contributed by atoms with Gasteiger partial charge in [-0.25, -0.2) is 0 Å². The Hall–Kier alpha value is -0.610. The maximum atomic E-state index is 12.4. The third-order valence-corrected chi connectivity index (χ3v) is 4.21. The highest BCUT2D eigenvalue weighted by Crippen LogP contribution is 2.28. The third kappa shape index (κ3) is 2.63. The van der Waals surface area contributed by atoms with Crippen LogP contribution in [0.3, 0.4) is 0 Å². The first-order valence-electron chi connectivity index (χ1n) is 6.79. The van der Waals surface area contributed by atoms with Crippen molar-refractivity contribution in [1.29, 1.82) is 0 Å². The molecule has 2 fully saturated rings. The van der Waals surface area contributed by atoms with Crippen LogP contribution in [0.1, 0.15) is 33.1 Å². The summed E-state index contributed by atoms with van der Waals surface area (Å²) in [7, 11) is 0. The molecular formula is C13H24N2O2. The predicted molar refractivity (Wildman–Crippen MR) is 66.5 cm³/mol. The van der Waals surface area contributed by atoms with Crippen LogP contribution in [0.2, 0.25) is 0 Å². The fraction of sp³-hybridized carbons (Fsp3) is 0.923. The first kappa shape index (κ1) is 12.8. The number of nitrogens with zero attached hydrogens (tertiary/aromatic N) is 1. The fourth-order valence-corrected chi connectivity index (χ4v) is 2.98. The normalized spacial score (nSPS) is 35.2. The minimum absolute atomic E-state index is 0.0897. The van der Waals surface area contributed by atoms with E-state index >= 15 is 0 Å². The highest BCUT2D eigenvalue weighted by atomic mass is 16.5. The number of likely N-dealkylation sites (tertiary alicyclic amines) is 1. The molecule has 4 unspecified atom stereocenters. The van der Waals surface area contributed by atoms with Gasteiger partial charge in [0.25, 0.3) is 0 Å². The molecule has 0 aromatic heterocycles. The molecule has 2 aliphatic rings. The molecule has 0 radical (unpaired) electrons. The minimum atomic E-state index is 0.0897. The van der Waals surface area contributed by atoms with E-state index in [1.807, 2.05) is 11.8 Å². The summed E-state index contributed by atoms with van der Waals surface area (Å²) in [6, 6.07) is 0.189.